The van der Waals surface area contributed by atoms with Gasteiger partial charge in [-0.2, -0.15) is 0 Å². The van der Waals surface area contributed by atoms with E-state index in [2.05, 4.69) is 32.9 Å². The maximum atomic E-state index is 6.00. The van der Waals surface area contributed by atoms with E-state index in [1.807, 2.05) is 0 Å². The van der Waals surface area contributed by atoms with Gasteiger partial charge in [0.05, 0.1) is 0 Å². The second-order valence-electron chi connectivity index (χ2n) is 2.75. The zero-order chi connectivity index (χ0) is 8.04. The second-order valence-corrected chi connectivity index (χ2v) is 2.75. The third-order valence-electron chi connectivity index (χ3n) is 2.00. The van der Waals surface area contributed by atoms with Crippen LogP contribution in [0.4, 0.5) is 0 Å². The Hall–Kier alpha value is -0.0100. The fourth-order valence-electron chi connectivity index (χ4n) is 0.838. The molecule has 11 heavy (non-hydrogen) atoms. The largest absolute Gasteiger partial charge is 0.322 e. The summed E-state index contributed by atoms with van der Waals surface area (Å²) in [6, 6.07) is 0. The lowest BCUT2D eigenvalue weighted by molar-refractivity contribution is 0.492. The number of rotatable bonds is 4. The zero-order valence-electron chi connectivity index (χ0n) is 7.76. The maximum absolute atomic E-state index is 6.00. The average Bonchev–Trinajstić information content (AvgIpc) is 2.00. The molecular formula is C9H20ClN. The number of allylic oxidation sites excluding steroid dienone is 1. The van der Waals surface area contributed by atoms with Gasteiger partial charge in [-0.1, -0.05) is 32.9 Å². The molecule has 0 aliphatic heterocycles. The van der Waals surface area contributed by atoms with E-state index < -0.39 is 0 Å². The summed E-state index contributed by atoms with van der Waals surface area (Å²) < 4.78 is 0. The van der Waals surface area contributed by atoms with Gasteiger partial charge >= 0.3 is 0 Å². The zero-order valence-corrected chi connectivity index (χ0v) is 8.58. The van der Waals surface area contributed by atoms with Crippen LogP contribution >= 0.6 is 12.4 Å². The van der Waals surface area contributed by atoms with Gasteiger partial charge in [0.1, 0.15) is 0 Å². The molecule has 0 heterocycles. The lowest BCUT2D eigenvalue weighted by atomic mass is 9.94. The van der Waals surface area contributed by atoms with Crippen LogP contribution in [0.2, 0.25) is 0 Å². The van der Waals surface area contributed by atoms with Gasteiger partial charge in [0, 0.05) is 5.54 Å². The van der Waals surface area contributed by atoms with Crippen LogP contribution in [0, 0.1) is 0 Å². The SMILES string of the molecule is CC/C=C/C(N)(CC)CC.Cl. The third kappa shape index (κ3) is 5.28. The highest BCUT2D eigenvalue weighted by Gasteiger charge is 2.14. The monoisotopic (exact) mass is 177 g/mol. The van der Waals surface area contributed by atoms with Crippen molar-refractivity contribution in [3.63, 3.8) is 0 Å². The van der Waals surface area contributed by atoms with E-state index in [-0.39, 0.29) is 17.9 Å². The van der Waals surface area contributed by atoms with E-state index in [1.54, 1.807) is 0 Å². The first-order chi connectivity index (χ1) is 4.68. The van der Waals surface area contributed by atoms with Crippen LogP contribution in [0.1, 0.15) is 40.0 Å². The Labute approximate surface area is 76.5 Å². The lowest BCUT2D eigenvalue weighted by Gasteiger charge is -2.21. The second kappa shape index (κ2) is 6.68. The van der Waals surface area contributed by atoms with Gasteiger partial charge in [-0.05, 0) is 19.3 Å². The molecule has 0 aliphatic carbocycles. The molecule has 1 nitrogen and oxygen atoms in total. The van der Waals surface area contributed by atoms with Crippen molar-refractivity contribution < 1.29 is 0 Å². The molecule has 0 bridgehead atoms. The molecule has 0 saturated heterocycles. The van der Waals surface area contributed by atoms with Gasteiger partial charge in [0.15, 0.2) is 0 Å². The smallest absolute Gasteiger partial charge is 0.0333 e. The molecule has 0 aromatic rings. The van der Waals surface area contributed by atoms with E-state index >= 15 is 0 Å². The molecule has 0 aromatic carbocycles. The first kappa shape index (κ1) is 13.6. The van der Waals surface area contributed by atoms with Gasteiger partial charge in [-0.3, -0.25) is 0 Å². The molecule has 2 heteroatoms. The number of hydrogen-bond acceptors (Lipinski definition) is 1. The van der Waals surface area contributed by atoms with Crippen LogP contribution in [0.5, 0.6) is 0 Å². The predicted octanol–water partition coefficient (Wildman–Crippen LogP) is 2.89. The Morgan fingerprint density at radius 1 is 1.18 bits per heavy atom. The summed E-state index contributed by atoms with van der Waals surface area (Å²) in [7, 11) is 0. The molecule has 0 atom stereocenters. The van der Waals surface area contributed by atoms with Crippen LogP contribution in [0.3, 0.4) is 0 Å². The van der Waals surface area contributed by atoms with Crippen molar-refractivity contribution in [2.75, 3.05) is 0 Å². The first-order valence-corrected chi connectivity index (χ1v) is 4.15. The summed E-state index contributed by atoms with van der Waals surface area (Å²) in [6.45, 7) is 6.38. The molecule has 0 radical (unpaired) electrons. The lowest BCUT2D eigenvalue weighted by Crippen LogP contribution is -2.35. The van der Waals surface area contributed by atoms with Gasteiger partial charge in [-0.15, -0.1) is 12.4 Å². The molecule has 68 valence electrons. The number of hydrogen-bond donors (Lipinski definition) is 1. The van der Waals surface area contributed by atoms with Crippen LogP contribution < -0.4 is 5.73 Å². The first-order valence-electron chi connectivity index (χ1n) is 4.15. The Balaban J connectivity index is 0. The number of halogens is 1. The van der Waals surface area contributed by atoms with Crippen molar-refractivity contribution in [3.05, 3.63) is 12.2 Å². The van der Waals surface area contributed by atoms with Crippen LogP contribution in [0.25, 0.3) is 0 Å². The quantitative estimate of drug-likeness (QED) is 0.657. The van der Waals surface area contributed by atoms with Gasteiger partial charge < -0.3 is 5.73 Å². The molecule has 2 N–H and O–H groups in total. The fraction of sp³-hybridized carbons (Fsp3) is 0.778. The minimum Gasteiger partial charge on any atom is -0.322 e. The Morgan fingerprint density at radius 3 is 1.91 bits per heavy atom. The summed E-state index contributed by atoms with van der Waals surface area (Å²) in [5.74, 6) is 0. The molecular weight excluding hydrogens is 158 g/mol. The molecule has 0 fully saturated rings. The van der Waals surface area contributed by atoms with Crippen LogP contribution in [-0.2, 0) is 0 Å². The molecule has 0 spiro atoms. The van der Waals surface area contributed by atoms with Gasteiger partial charge in [-0.25, -0.2) is 0 Å². The van der Waals surface area contributed by atoms with Crippen LogP contribution in [-0.4, -0.2) is 5.54 Å². The molecule has 0 saturated carbocycles. The van der Waals surface area contributed by atoms with E-state index in [0.717, 1.165) is 19.3 Å². The molecule has 0 amide bonds. The van der Waals surface area contributed by atoms with Crippen molar-refractivity contribution in [1.29, 1.82) is 0 Å². The summed E-state index contributed by atoms with van der Waals surface area (Å²) in [6.07, 6.45) is 7.42. The van der Waals surface area contributed by atoms with Crippen molar-refractivity contribution >= 4 is 12.4 Å². The number of nitrogens with two attached hydrogens (primary N) is 1. The van der Waals surface area contributed by atoms with Crippen molar-refractivity contribution in [3.8, 4) is 0 Å². The summed E-state index contributed by atoms with van der Waals surface area (Å²) in [5, 5.41) is 0. The fourth-order valence-corrected chi connectivity index (χ4v) is 0.838. The summed E-state index contributed by atoms with van der Waals surface area (Å²) >= 11 is 0. The van der Waals surface area contributed by atoms with Crippen molar-refractivity contribution in [2.45, 2.75) is 45.6 Å². The topological polar surface area (TPSA) is 26.0 Å². The normalized spacial score (nSPS) is 11.6. The Morgan fingerprint density at radius 2 is 1.64 bits per heavy atom. The summed E-state index contributed by atoms with van der Waals surface area (Å²) in [4.78, 5) is 0. The Kier molecular flexibility index (Phi) is 8.25. The van der Waals surface area contributed by atoms with E-state index in [1.165, 1.54) is 0 Å². The van der Waals surface area contributed by atoms with Crippen LogP contribution in [0.15, 0.2) is 12.2 Å². The third-order valence-corrected chi connectivity index (χ3v) is 2.00. The predicted molar refractivity (Wildman–Crippen MR) is 54.2 cm³/mol. The minimum atomic E-state index is -0.0456. The van der Waals surface area contributed by atoms with Crippen molar-refractivity contribution in [2.24, 2.45) is 5.73 Å². The van der Waals surface area contributed by atoms with E-state index in [0.29, 0.717) is 0 Å². The standard InChI is InChI=1S/C9H19N.ClH/c1-4-7-8-9(10,5-2)6-3;/h7-8H,4-6,10H2,1-3H3;1H/b8-7+;. The van der Waals surface area contributed by atoms with Gasteiger partial charge in [0.25, 0.3) is 0 Å². The molecule has 0 aromatic heterocycles. The van der Waals surface area contributed by atoms with Crippen molar-refractivity contribution in [1.82, 2.24) is 0 Å². The average molecular weight is 178 g/mol. The maximum Gasteiger partial charge on any atom is 0.0333 e. The highest BCUT2D eigenvalue weighted by atomic mass is 35.5. The molecule has 0 rings (SSSR count). The molecule has 0 aliphatic rings. The minimum absolute atomic E-state index is 0. The highest BCUT2D eigenvalue weighted by Crippen LogP contribution is 2.12. The van der Waals surface area contributed by atoms with E-state index in [9.17, 15) is 0 Å². The molecule has 0 unspecified atom stereocenters. The van der Waals surface area contributed by atoms with Gasteiger partial charge in [0.2, 0.25) is 0 Å². The highest BCUT2D eigenvalue weighted by molar-refractivity contribution is 5.85. The Bertz CT molecular complexity index is 106. The van der Waals surface area contributed by atoms with E-state index in [4.69, 9.17) is 5.73 Å². The summed E-state index contributed by atoms with van der Waals surface area (Å²) in [5.41, 5.74) is 5.95.